The molecule has 1 aliphatic rings. The fourth-order valence-corrected chi connectivity index (χ4v) is 5.00. The van der Waals surface area contributed by atoms with E-state index in [1.54, 1.807) is 35.9 Å². The molecule has 212 valence electrons. The largest absolute Gasteiger partial charge is 0.486 e. The van der Waals surface area contributed by atoms with Crippen LogP contribution in [0.5, 0.6) is 5.75 Å². The Morgan fingerprint density at radius 3 is 2.23 bits per heavy atom. The van der Waals surface area contributed by atoms with Crippen LogP contribution in [0.1, 0.15) is 33.5 Å². The van der Waals surface area contributed by atoms with Crippen molar-refractivity contribution in [2.24, 2.45) is 7.05 Å². The van der Waals surface area contributed by atoms with E-state index in [9.17, 15) is 19.2 Å². The number of esters is 3. The first kappa shape index (κ1) is 30.2. The van der Waals surface area contributed by atoms with Crippen molar-refractivity contribution in [1.29, 1.82) is 0 Å². The van der Waals surface area contributed by atoms with Gasteiger partial charge in [-0.1, -0.05) is 23.4 Å². The van der Waals surface area contributed by atoms with E-state index in [4.69, 9.17) is 35.3 Å². The third-order valence-electron chi connectivity index (χ3n) is 5.40. The first-order valence-electron chi connectivity index (χ1n) is 11.8. The summed E-state index contributed by atoms with van der Waals surface area (Å²) < 4.78 is 29.6. The Balaban J connectivity index is 1.88. The fraction of sp³-hybridized carbons (Fsp3) is 0.500. The molecule has 1 saturated heterocycles. The fourth-order valence-electron chi connectivity index (χ4n) is 3.75. The molecule has 0 unspecified atom stereocenters. The van der Waals surface area contributed by atoms with E-state index in [1.165, 1.54) is 27.7 Å². The molecule has 5 atom stereocenters. The maximum atomic E-state index is 12.1. The van der Waals surface area contributed by atoms with Gasteiger partial charge in [-0.15, -0.1) is 10.2 Å². The van der Waals surface area contributed by atoms with Crippen molar-refractivity contribution in [3.63, 3.8) is 0 Å². The van der Waals surface area contributed by atoms with Crippen molar-refractivity contribution in [2.75, 3.05) is 6.61 Å². The zero-order chi connectivity index (χ0) is 28.7. The monoisotopic (exact) mass is 584 g/mol. The second-order valence-corrected chi connectivity index (χ2v) is 10.0. The van der Waals surface area contributed by atoms with Gasteiger partial charge in [-0.25, -0.2) is 0 Å². The van der Waals surface area contributed by atoms with Crippen molar-refractivity contribution in [1.82, 2.24) is 20.1 Å². The smallest absolute Gasteiger partial charge is 0.303 e. The molecule has 0 radical (unpaired) electrons. The first-order chi connectivity index (χ1) is 18.4. The Kier molecular flexibility index (Phi) is 10.5. The maximum Gasteiger partial charge on any atom is 0.303 e. The minimum Gasteiger partial charge on any atom is -0.486 e. The Morgan fingerprint density at radius 1 is 1.00 bits per heavy atom. The molecule has 0 saturated carbocycles. The van der Waals surface area contributed by atoms with Crippen LogP contribution in [0.25, 0.3) is 0 Å². The molecular formula is C24H29ClN4O9S. The molecule has 1 aromatic heterocycles. The van der Waals surface area contributed by atoms with Gasteiger partial charge >= 0.3 is 17.9 Å². The van der Waals surface area contributed by atoms with Crippen molar-refractivity contribution in [3.8, 4) is 5.75 Å². The molecule has 1 N–H and O–H groups in total. The number of hydrogen-bond acceptors (Lipinski definition) is 12. The molecule has 2 aromatic rings. The van der Waals surface area contributed by atoms with Crippen molar-refractivity contribution in [2.45, 2.75) is 69.2 Å². The Labute approximate surface area is 233 Å². The predicted molar refractivity (Wildman–Crippen MR) is 137 cm³/mol. The number of amides is 1. The van der Waals surface area contributed by atoms with Crippen LogP contribution in [0.15, 0.2) is 29.4 Å². The van der Waals surface area contributed by atoms with Crippen LogP contribution >= 0.6 is 23.4 Å². The van der Waals surface area contributed by atoms with Gasteiger partial charge in [0.2, 0.25) is 5.91 Å². The lowest BCUT2D eigenvalue weighted by molar-refractivity contribution is -0.211. The van der Waals surface area contributed by atoms with Gasteiger partial charge in [0.15, 0.2) is 23.2 Å². The van der Waals surface area contributed by atoms with Crippen LogP contribution in [-0.4, -0.2) is 75.0 Å². The van der Waals surface area contributed by atoms with Gasteiger partial charge in [0.25, 0.3) is 0 Å². The number of carbonyl (C=O) groups excluding carboxylic acids is 4. The van der Waals surface area contributed by atoms with Gasteiger partial charge in [0.1, 0.15) is 36.5 Å². The van der Waals surface area contributed by atoms with E-state index < -0.39 is 53.6 Å². The molecule has 1 amide bonds. The summed E-state index contributed by atoms with van der Waals surface area (Å²) in [5.74, 6) is -1.31. The molecule has 13 nitrogen and oxygen atoms in total. The second-order valence-electron chi connectivity index (χ2n) is 8.54. The summed E-state index contributed by atoms with van der Waals surface area (Å²) in [5, 5.41) is 12.1. The van der Waals surface area contributed by atoms with E-state index in [1.807, 2.05) is 0 Å². The number of hydrogen-bond donors (Lipinski definition) is 1. The number of nitrogens with zero attached hydrogens (tertiary/aromatic N) is 3. The van der Waals surface area contributed by atoms with Crippen LogP contribution in [0.4, 0.5) is 0 Å². The molecule has 15 heteroatoms. The Morgan fingerprint density at radius 2 is 1.64 bits per heavy atom. The highest BCUT2D eigenvalue weighted by Crippen LogP contribution is 2.35. The van der Waals surface area contributed by atoms with Gasteiger partial charge in [-0.05, 0) is 24.3 Å². The normalized spacial score (nSPS) is 22.5. The molecule has 0 bridgehead atoms. The molecule has 2 heterocycles. The minimum absolute atomic E-state index is 0.103. The lowest BCUT2D eigenvalue weighted by atomic mass is 9.97. The molecule has 39 heavy (non-hydrogen) atoms. The van der Waals surface area contributed by atoms with Gasteiger partial charge in [0, 0.05) is 39.8 Å². The van der Waals surface area contributed by atoms with Crippen LogP contribution in [0.3, 0.4) is 0 Å². The molecule has 1 aliphatic heterocycles. The highest BCUT2D eigenvalue weighted by Gasteiger charge is 2.51. The van der Waals surface area contributed by atoms with Crippen LogP contribution in [-0.2, 0) is 51.8 Å². The van der Waals surface area contributed by atoms with E-state index >= 15 is 0 Å². The van der Waals surface area contributed by atoms with Gasteiger partial charge in [-0.3, -0.25) is 19.2 Å². The number of rotatable bonds is 10. The highest BCUT2D eigenvalue weighted by atomic mass is 35.5. The van der Waals surface area contributed by atoms with Crippen molar-refractivity contribution >= 4 is 47.2 Å². The van der Waals surface area contributed by atoms with Crippen LogP contribution < -0.4 is 10.1 Å². The maximum absolute atomic E-state index is 12.1. The quantitative estimate of drug-likeness (QED) is 0.319. The van der Waals surface area contributed by atoms with E-state index in [0.717, 1.165) is 11.8 Å². The predicted octanol–water partition coefficient (Wildman–Crippen LogP) is 1.80. The van der Waals surface area contributed by atoms with E-state index in [0.29, 0.717) is 21.8 Å². The van der Waals surface area contributed by atoms with Crippen LogP contribution in [0, 0.1) is 0 Å². The molecule has 0 spiro atoms. The summed E-state index contributed by atoms with van der Waals surface area (Å²) >= 11 is 6.99. The SMILES string of the molecule is CC(=O)N[C@H]1[C@H](OC(C)=O)[C@@H](OC(C)=O)[C@@H](COC(C)=O)O[C@H]1Sc1nnc(COc2ccc(Cl)cc2)n1C. The zero-order valence-corrected chi connectivity index (χ0v) is 23.5. The molecular weight excluding hydrogens is 556 g/mol. The average Bonchev–Trinajstić information content (AvgIpc) is 3.19. The lowest BCUT2D eigenvalue weighted by Gasteiger charge is -2.44. The van der Waals surface area contributed by atoms with E-state index in [2.05, 4.69) is 15.5 Å². The topological polar surface area (TPSA) is 157 Å². The van der Waals surface area contributed by atoms with Crippen LogP contribution in [0.2, 0.25) is 5.02 Å². The molecule has 1 fully saturated rings. The number of ether oxygens (including phenoxy) is 5. The standard InChI is InChI=1S/C24H29ClN4O9S/c1-12(30)26-20-22(37-15(4)33)21(36-14(3)32)18(10-34-13(2)31)38-23(20)39-24-28-27-19(29(24)5)11-35-17-8-6-16(25)7-9-17/h6-9,18,20-23H,10-11H2,1-5H3,(H,26,30)/t18-,20+,21+,22+,23+/m1/s1. The second kappa shape index (κ2) is 13.6. The first-order valence-corrected chi connectivity index (χ1v) is 13.0. The average molecular weight is 585 g/mol. The Hall–Kier alpha value is -3.36. The Bertz CT molecular complexity index is 1190. The number of benzene rings is 1. The summed E-state index contributed by atoms with van der Waals surface area (Å²) in [4.78, 5) is 47.6. The summed E-state index contributed by atoms with van der Waals surface area (Å²) in [5.41, 5.74) is -0.918. The summed E-state index contributed by atoms with van der Waals surface area (Å²) in [6.07, 6.45) is -3.36. The van der Waals surface area contributed by atoms with Crippen molar-refractivity contribution < 1.29 is 42.9 Å². The zero-order valence-electron chi connectivity index (χ0n) is 21.9. The number of carbonyl (C=O) groups is 4. The third-order valence-corrected chi connectivity index (χ3v) is 6.85. The summed E-state index contributed by atoms with van der Waals surface area (Å²) in [6, 6.07) is 5.87. The highest BCUT2D eigenvalue weighted by molar-refractivity contribution is 7.99. The van der Waals surface area contributed by atoms with Crippen molar-refractivity contribution in [3.05, 3.63) is 35.1 Å². The van der Waals surface area contributed by atoms with Gasteiger partial charge in [0.05, 0.1) is 0 Å². The molecule has 0 aliphatic carbocycles. The lowest BCUT2D eigenvalue weighted by Crippen LogP contribution is -2.65. The number of thioether (sulfide) groups is 1. The summed E-state index contributed by atoms with van der Waals surface area (Å²) in [6.45, 7) is 4.67. The minimum atomic E-state index is -1.18. The number of aromatic nitrogens is 3. The summed E-state index contributed by atoms with van der Waals surface area (Å²) in [7, 11) is 1.72. The molecule has 1 aromatic carbocycles. The number of nitrogens with one attached hydrogen (secondary N) is 1. The van der Waals surface area contributed by atoms with Gasteiger partial charge in [-0.2, -0.15) is 0 Å². The van der Waals surface area contributed by atoms with E-state index in [-0.39, 0.29) is 13.2 Å². The number of halogens is 1. The third kappa shape index (κ3) is 8.57. The van der Waals surface area contributed by atoms with Gasteiger partial charge < -0.3 is 33.6 Å². The molecule has 3 rings (SSSR count).